The molecule has 0 saturated carbocycles. The van der Waals surface area contributed by atoms with E-state index < -0.39 is 5.97 Å². The minimum atomic E-state index is -0.457. The Balaban J connectivity index is 1.16. The van der Waals surface area contributed by atoms with E-state index in [0.29, 0.717) is 35.8 Å². The zero-order valence-electron chi connectivity index (χ0n) is 30.0. The number of hydrogen-bond acceptors (Lipinski definition) is 9. The largest absolute Gasteiger partial charge is 0.494 e. The van der Waals surface area contributed by atoms with Gasteiger partial charge in [-0.05, 0) is 117 Å². The number of hydrazone groups is 1. The number of carbonyl (C=O) groups excluding carboxylic acids is 2. The first-order chi connectivity index (χ1) is 25.5. The molecule has 0 spiro atoms. The van der Waals surface area contributed by atoms with E-state index in [1.165, 1.54) is 36.5 Å². The minimum absolute atomic E-state index is 0.109. The van der Waals surface area contributed by atoms with Gasteiger partial charge < -0.3 is 19.5 Å². The molecule has 0 saturated heterocycles. The van der Waals surface area contributed by atoms with Gasteiger partial charge in [0.2, 0.25) is 0 Å². The number of esters is 2. The van der Waals surface area contributed by atoms with E-state index in [1.54, 1.807) is 42.2 Å². The van der Waals surface area contributed by atoms with Crippen LogP contribution in [0.15, 0.2) is 114 Å². The monoisotopic (exact) mass is 719 g/mol. The SMILES string of the molecule is C=CC(=O)OCCCCCCOc1ccc(C(=O)Oc2ccc(CCc3ccc(CCCCC)cc3)cc2/C=N/NC2Nc3ccccc3S2)cc1. The molecular formula is C43H49N3O5S. The van der Waals surface area contributed by atoms with Gasteiger partial charge >= 0.3 is 11.9 Å². The molecule has 52 heavy (non-hydrogen) atoms. The fourth-order valence-electron chi connectivity index (χ4n) is 5.73. The number of rotatable bonds is 21. The molecule has 2 N–H and O–H groups in total. The van der Waals surface area contributed by atoms with Gasteiger partial charge in [0.15, 0.2) is 5.50 Å². The highest BCUT2D eigenvalue weighted by Gasteiger charge is 2.20. The second-order valence-electron chi connectivity index (χ2n) is 12.7. The van der Waals surface area contributed by atoms with E-state index in [2.05, 4.69) is 59.7 Å². The first kappa shape index (κ1) is 38.2. The number of benzene rings is 4. The summed E-state index contributed by atoms with van der Waals surface area (Å²) >= 11 is 1.66. The van der Waals surface area contributed by atoms with Crippen molar-refractivity contribution >= 4 is 35.6 Å². The van der Waals surface area contributed by atoms with Gasteiger partial charge in [0.05, 0.1) is 30.7 Å². The number of fused-ring (bicyclic) bond motifs is 1. The number of thioether (sulfide) groups is 1. The maximum atomic E-state index is 13.3. The molecule has 1 aliphatic heterocycles. The van der Waals surface area contributed by atoms with E-state index in [1.807, 2.05) is 36.4 Å². The van der Waals surface area contributed by atoms with E-state index >= 15 is 0 Å². The number of carbonyl (C=O) groups is 2. The van der Waals surface area contributed by atoms with Crippen molar-refractivity contribution in [1.29, 1.82) is 0 Å². The molecule has 1 aliphatic rings. The quantitative estimate of drug-likeness (QED) is 0.0220. The summed E-state index contributed by atoms with van der Waals surface area (Å²) in [5.74, 6) is 0.276. The Morgan fingerprint density at radius 2 is 1.54 bits per heavy atom. The zero-order valence-corrected chi connectivity index (χ0v) is 30.8. The summed E-state index contributed by atoms with van der Waals surface area (Å²) in [6.07, 6.45) is 13.1. The summed E-state index contributed by atoms with van der Waals surface area (Å²) in [6.45, 7) is 6.59. The highest BCUT2D eigenvalue weighted by Crippen LogP contribution is 2.36. The average Bonchev–Trinajstić information content (AvgIpc) is 3.59. The molecule has 1 unspecified atom stereocenters. The summed E-state index contributed by atoms with van der Waals surface area (Å²) in [7, 11) is 0. The van der Waals surface area contributed by atoms with Gasteiger partial charge in [-0.2, -0.15) is 5.10 Å². The Bertz CT molecular complexity index is 1750. The third kappa shape index (κ3) is 12.3. The van der Waals surface area contributed by atoms with Crippen molar-refractivity contribution in [3.05, 3.63) is 131 Å². The lowest BCUT2D eigenvalue weighted by molar-refractivity contribution is -0.137. The lowest BCUT2D eigenvalue weighted by atomic mass is 10.00. The molecule has 0 radical (unpaired) electrons. The Morgan fingerprint density at radius 3 is 2.29 bits per heavy atom. The third-order valence-corrected chi connectivity index (χ3v) is 9.76. The molecule has 9 heteroatoms. The van der Waals surface area contributed by atoms with Crippen LogP contribution < -0.4 is 20.2 Å². The van der Waals surface area contributed by atoms with E-state index in [4.69, 9.17) is 14.2 Å². The molecule has 1 heterocycles. The summed E-state index contributed by atoms with van der Waals surface area (Å²) in [4.78, 5) is 25.5. The van der Waals surface area contributed by atoms with Gasteiger partial charge in [-0.15, -0.1) is 0 Å². The van der Waals surface area contributed by atoms with Crippen LogP contribution in [0, 0.1) is 0 Å². The topological polar surface area (TPSA) is 98.2 Å². The van der Waals surface area contributed by atoms with Crippen molar-refractivity contribution in [1.82, 2.24) is 5.43 Å². The van der Waals surface area contributed by atoms with Crippen LogP contribution in [0.4, 0.5) is 5.69 Å². The zero-order chi connectivity index (χ0) is 36.4. The molecule has 0 fully saturated rings. The predicted octanol–water partition coefficient (Wildman–Crippen LogP) is 9.52. The summed E-state index contributed by atoms with van der Waals surface area (Å²) in [5, 5.41) is 7.95. The van der Waals surface area contributed by atoms with Crippen LogP contribution in [0.1, 0.15) is 84.5 Å². The number of nitrogens with one attached hydrogen (secondary N) is 2. The second-order valence-corrected chi connectivity index (χ2v) is 13.9. The smallest absolute Gasteiger partial charge is 0.343 e. The third-order valence-electron chi connectivity index (χ3n) is 8.69. The first-order valence-corrected chi connectivity index (χ1v) is 19.1. The van der Waals surface area contributed by atoms with Crippen LogP contribution in [-0.2, 0) is 28.8 Å². The van der Waals surface area contributed by atoms with Crippen LogP contribution in [0.3, 0.4) is 0 Å². The molecule has 0 bridgehead atoms. The molecule has 0 aliphatic carbocycles. The number of ether oxygens (including phenoxy) is 3. The maximum absolute atomic E-state index is 13.3. The second kappa shape index (κ2) is 20.7. The average molecular weight is 720 g/mol. The van der Waals surface area contributed by atoms with Crippen molar-refractivity contribution in [2.24, 2.45) is 5.10 Å². The number of hydrogen-bond donors (Lipinski definition) is 2. The Labute approximate surface area is 312 Å². The van der Waals surface area contributed by atoms with Gasteiger partial charge in [0.1, 0.15) is 11.5 Å². The Kier molecular flexibility index (Phi) is 15.2. The standard InChI is InChI=1S/C43H49N3O5S/c1-3-5-8-13-32-16-18-33(19-17-32)20-21-34-22-27-39(36(30-34)31-44-46-43-45-38-14-9-10-15-40(38)52-43)51-42(48)35-23-25-37(26-24-35)49-28-11-6-7-12-29-50-41(47)4-2/h4,9-10,14-19,22-27,30-31,43,45-46H,2-3,5-8,11-13,20-21,28-29H2,1H3/b44-31+. The molecule has 272 valence electrons. The summed E-state index contributed by atoms with van der Waals surface area (Å²) in [6, 6.07) is 30.0. The summed E-state index contributed by atoms with van der Waals surface area (Å²) < 4.78 is 16.8. The number of unbranched alkanes of at least 4 members (excludes halogenated alkanes) is 5. The Hall–Kier alpha value is -5.02. The molecule has 0 amide bonds. The van der Waals surface area contributed by atoms with Crippen molar-refractivity contribution in [2.75, 3.05) is 18.5 Å². The van der Waals surface area contributed by atoms with Gasteiger partial charge in [-0.25, -0.2) is 9.59 Å². The lowest BCUT2D eigenvalue weighted by Gasteiger charge is -2.12. The molecule has 4 aromatic carbocycles. The van der Waals surface area contributed by atoms with Crippen LogP contribution in [-0.4, -0.2) is 36.9 Å². The van der Waals surface area contributed by atoms with Crippen LogP contribution in [0.2, 0.25) is 0 Å². The Morgan fingerprint density at radius 1 is 0.827 bits per heavy atom. The highest BCUT2D eigenvalue weighted by atomic mass is 32.2. The molecule has 4 aromatic rings. The maximum Gasteiger partial charge on any atom is 0.343 e. The van der Waals surface area contributed by atoms with Crippen LogP contribution >= 0.6 is 11.8 Å². The number of para-hydroxylation sites is 1. The van der Waals surface area contributed by atoms with Crippen molar-refractivity contribution in [3.63, 3.8) is 0 Å². The van der Waals surface area contributed by atoms with Crippen molar-refractivity contribution < 1.29 is 23.8 Å². The van der Waals surface area contributed by atoms with Crippen LogP contribution in [0.25, 0.3) is 0 Å². The molecule has 5 rings (SSSR count). The van der Waals surface area contributed by atoms with E-state index in [9.17, 15) is 9.59 Å². The van der Waals surface area contributed by atoms with Crippen LogP contribution in [0.5, 0.6) is 11.5 Å². The lowest BCUT2D eigenvalue weighted by Crippen LogP contribution is -2.25. The normalized spacial score (nSPS) is 13.3. The first-order valence-electron chi connectivity index (χ1n) is 18.3. The highest BCUT2D eigenvalue weighted by molar-refractivity contribution is 8.00. The minimum Gasteiger partial charge on any atom is -0.494 e. The number of nitrogens with zero attached hydrogens (tertiary/aromatic N) is 1. The van der Waals surface area contributed by atoms with E-state index in [0.717, 1.165) is 61.1 Å². The van der Waals surface area contributed by atoms with Crippen molar-refractivity contribution in [2.45, 2.75) is 81.5 Å². The molecule has 0 aromatic heterocycles. The molecule has 8 nitrogen and oxygen atoms in total. The van der Waals surface area contributed by atoms with Gasteiger partial charge in [-0.3, -0.25) is 5.43 Å². The molecular weight excluding hydrogens is 671 g/mol. The predicted molar refractivity (Wildman–Crippen MR) is 210 cm³/mol. The fourth-order valence-corrected chi connectivity index (χ4v) is 6.70. The number of anilines is 1. The van der Waals surface area contributed by atoms with E-state index in [-0.39, 0.29) is 11.5 Å². The van der Waals surface area contributed by atoms with Gasteiger partial charge in [0.25, 0.3) is 0 Å². The van der Waals surface area contributed by atoms with Gasteiger partial charge in [0, 0.05) is 16.5 Å². The fraction of sp³-hybridized carbons (Fsp3) is 0.326. The van der Waals surface area contributed by atoms with Crippen molar-refractivity contribution in [3.8, 4) is 11.5 Å². The molecule has 1 atom stereocenters. The summed E-state index contributed by atoms with van der Waals surface area (Å²) in [5.41, 5.74) is 9.10. The van der Waals surface area contributed by atoms with Gasteiger partial charge in [-0.1, -0.05) is 80.6 Å². The number of aryl methyl sites for hydroxylation is 3.